The summed E-state index contributed by atoms with van der Waals surface area (Å²) < 4.78 is 5.45. The quantitative estimate of drug-likeness (QED) is 0.0321. The van der Waals surface area contributed by atoms with Crippen molar-refractivity contribution in [2.24, 2.45) is 0 Å². The van der Waals surface area contributed by atoms with Gasteiger partial charge in [0.15, 0.2) is 0 Å². The van der Waals surface area contributed by atoms with Gasteiger partial charge in [0, 0.05) is 12.8 Å². The number of nitrogens with one attached hydrogen (secondary N) is 1. The Labute approximate surface area is 392 Å². The number of aliphatic hydroxyl groups excluding tert-OH is 2. The van der Waals surface area contributed by atoms with Crippen LogP contribution in [0, 0.1) is 0 Å². The molecule has 2 unspecified atom stereocenters. The summed E-state index contributed by atoms with van der Waals surface area (Å²) in [7, 11) is 0. The zero-order valence-electron chi connectivity index (χ0n) is 42.1. The van der Waals surface area contributed by atoms with Crippen LogP contribution in [0.5, 0.6) is 0 Å². The molecule has 2 atom stereocenters. The van der Waals surface area contributed by atoms with E-state index in [0.29, 0.717) is 19.4 Å². The third-order valence-electron chi connectivity index (χ3n) is 12.7. The summed E-state index contributed by atoms with van der Waals surface area (Å²) in [6.07, 6.45) is 64.3. The zero-order valence-corrected chi connectivity index (χ0v) is 42.1. The highest BCUT2D eigenvalue weighted by atomic mass is 16.5. The monoisotopic (exact) mass is 886 g/mol. The molecule has 1 amide bonds. The van der Waals surface area contributed by atoms with Crippen molar-refractivity contribution in [1.82, 2.24) is 5.32 Å². The first-order valence-corrected chi connectivity index (χ1v) is 27.8. The lowest BCUT2D eigenvalue weighted by Crippen LogP contribution is -2.45. The first-order chi connectivity index (χ1) is 31.0. The van der Waals surface area contributed by atoms with E-state index in [9.17, 15) is 19.8 Å². The van der Waals surface area contributed by atoms with Gasteiger partial charge in [0.05, 0.1) is 25.4 Å². The van der Waals surface area contributed by atoms with Crippen LogP contribution in [0.2, 0.25) is 0 Å². The first kappa shape index (κ1) is 61.1. The Balaban J connectivity index is 3.52. The zero-order chi connectivity index (χ0) is 45.8. The Hall–Kier alpha value is -1.92. The van der Waals surface area contributed by atoms with Crippen molar-refractivity contribution in [3.05, 3.63) is 36.5 Å². The van der Waals surface area contributed by atoms with Crippen LogP contribution in [-0.2, 0) is 14.3 Å². The van der Waals surface area contributed by atoms with E-state index in [4.69, 9.17) is 4.74 Å². The Morgan fingerprint density at radius 1 is 0.444 bits per heavy atom. The second kappa shape index (κ2) is 52.7. The molecule has 6 heteroatoms. The van der Waals surface area contributed by atoms with Gasteiger partial charge in [-0.15, -0.1) is 0 Å². The van der Waals surface area contributed by atoms with Crippen LogP contribution in [0.4, 0.5) is 0 Å². The second-order valence-electron chi connectivity index (χ2n) is 18.9. The van der Waals surface area contributed by atoms with Gasteiger partial charge < -0.3 is 20.3 Å². The van der Waals surface area contributed by atoms with Crippen LogP contribution < -0.4 is 5.32 Å². The summed E-state index contributed by atoms with van der Waals surface area (Å²) in [6.45, 7) is 4.84. The van der Waals surface area contributed by atoms with E-state index in [0.717, 1.165) is 70.6 Å². The molecular weight excluding hydrogens is 779 g/mol. The molecule has 0 spiro atoms. The molecule has 0 rings (SSSR count). The lowest BCUT2D eigenvalue weighted by atomic mass is 10.0. The number of carbonyl (C=O) groups is 2. The Morgan fingerprint density at radius 3 is 1.24 bits per heavy atom. The predicted molar refractivity (Wildman–Crippen MR) is 273 cm³/mol. The molecule has 0 saturated heterocycles. The first-order valence-electron chi connectivity index (χ1n) is 27.8. The number of carbonyl (C=O) groups excluding carboxylic acids is 2. The van der Waals surface area contributed by atoms with E-state index in [-0.39, 0.29) is 18.5 Å². The number of ether oxygens (including phenoxy) is 1. The normalized spacial score (nSPS) is 12.9. The standard InChI is InChI=1S/C57H107NO5/c1-3-5-7-9-11-13-15-17-19-20-21-22-23-25-26-29-33-37-41-45-49-55(60)54(53-59)58-56(61)50-46-42-38-34-30-28-32-36-40-44-48-52-63-57(62)51-47-43-39-35-31-27-24-18-16-14-12-10-8-6-4-2/h12,14,18,24,45,49,54-55,59-60H,3-11,13,15-17,19-23,25-44,46-48,50-53H2,1-2H3,(H,58,61)/b14-12-,24-18-,49-45+. The fourth-order valence-electron chi connectivity index (χ4n) is 8.37. The van der Waals surface area contributed by atoms with Crippen LogP contribution in [0.15, 0.2) is 36.5 Å². The summed E-state index contributed by atoms with van der Waals surface area (Å²) in [5.74, 6) is -0.116. The van der Waals surface area contributed by atoms with E-state index in [1.54, 1.807) is 6.08 Å². The van der Waals surface area contributed by atoms with Gasteiger partial charge in [0.25, 0.3) is 0 Å². The van der Waals surface area contributed by atoms with Gasteiger partial charge in [-0.2, -0.15) is 0 Å². The maximum absolute atomic E-state index is 12.5. The molecule has 0 aromatic heterocycles. The number of hydrogen-bond acceptors (Lipinski definition) is 5. The number of aliphatic hydroxyl groups is 2. The van der Waals surface area contributed by atoms with Crippen LogP contribution in [-0.4, -0.2) is 47.4 Å². The van der Waals surface area contributed by atoms with Crippen molar-refractivity contribution in [2.75, 3.05) is 13.2 Å². The minimum atomic E-state index is -0.858. The molecule has 0 aliphatic heterocycles. The van der Waals surface area contributed by atoms with Gasteiger partial charge in [-0.3, -0.25) is 9.59 Å². The van der Waals surface area contributed by atoms with Crippen LogP contribution >= 0.6 is 0 Å². The summed E-state index contributed by atoms with van der Waals surface area (Å²) in [6, 6.07) is -0.644. The minimum absolute atomic E-state index is 0.0293. The average Bonchev–Trinajstić information content (AvgIpc) is 3.28. The van der Waals surface area contributed by atoms with E-state index < -0.39 is 12.1 Å². The number of hydrogen-bond donors (Lipinski definition) is 3. The summed E-state index contributed by atoms with van der Waals surface area (Å²) >= 11 is 0. The second-order valence-corrected chi connectivity index (χ2v) is 18.9. The number of esters is 1. The highest BCUT2D eigenvalue weighted by molar-refractivity contribution is 5.76. The van der Waals surface area contributed by atoms with Gasteiger partial charge in [-0.25, -0.2) is 0 Å². The molecule has 0 bridgehead atoms. The molecule has 0 aliphatic carbocycles. The van der Waals surface area contributed by atoms with Crippen LogP contribution in [0.25, 0.3) is 0 Å². The van der Waals surface area contributed by atoms with Crippen molar-refractivity contribution >= 4 is 11.9 Å². The number of unbranched alkanes of at least 4 members (excludes halogenated alkanes) is 36. The lowest BCUT2D eigenvalue weighted by Gasteiger charge is -2.20. The fraction of sp³-hybridized carbons (Fsp3) is 0.860. The topological polar surface area (TPSA) is 95.9 Å². The van der Waals surface area contributed by atoms with Crippen LogP contribution in [0.3, 0.4) is 0 Å². The molecule has 0 radical (unpaired) electrons. The Bertz CT molecular complexity index is 1020. The van der Waals surface area contributed by atoms with E-state index in [1.165, 1.54) is 193 Å². The van der Waals surface area contributed by atoms with Crippen molar-refractivity contribution in [3.8, 4) is 0 Å². The highest BCUT2D eigenvalue weighted by Gasteiger charge is 2.18. The molecule has 63 heavy (non-hydrogen) atoms. The molecular formula is C57H107NO5. The smallest absolute Gasteiger partial charge is 0.305 e. The van der Waals surface area contributed by atoms with Crippen molar-refractivity contribution in [1.29, 1.82) is 0 Å². The van der Waals surface area contributed by atoms with Gasteiger partial charge in [-0.05, 0) is 64.2 Å². The van der Waals surface area contributed by atoms with E-state index >= 15 is 0 Å². The maximum Gasteiger partial charge on any atom is 0.305 e. The van der Waals surface area contributed by atoms with E-state index in [1.807, 2.05) is 6.08 Å². The fourth-order valence-corrected chi connectivity index (χ4v) is 8.37. The Morgan fingerprint density at radius 2 is 0.794 bits per heavy atom. The maximum atomic E-state index is 12.5. The molecule has 0 aromatic rings. The van der Waals surface area contributed by atoms with Gasteiger partial charge in [0.2, 0.25) is 5.91 Å². The van der Waals surface area contributed by atoms with Gasteiger partial charge in [-0.1, -0.05) is 249 Å². The van der Waals surface area contributed by atoms with Gasteiger partial charge >= 0.3 is 5.97 Å². The highest BCUT2D eigenvalue weighted by Crippen LogP contribution is 2.16. The molecule has 0 aliphatic rings. The molecule has 0 heterocycles. The van der Waals surface area contributed by atoms with Crippen molar-refractivity contribution in [3.63, 3.8) is 0 Å². The number of rotatable bonds is 51. The molecule has 0 aromatic carbocycles. The van der Waals surface area contributed by atoms with Gasteiger partial charge in [0.1, 0.15) is 0 Å². The minimum Gasteiger partial charge on any atom is -0.466 e. The number of amides is 1. The summed E-state index contributed by atoms with van der Waals surface area (Å²) in [4.78, 5) is 24.5. The SMILES string of the molecule is CCCCC/C=C\C/C=C\CCCCCCCC(=O)OCCCCCCCCCCCCCC(=O)NC(CO)C(O)/C=C/CCCCCCCCCCCCCCCCCCCC. The molecule has 0 fully saturated rings. The predicted octanol–water partition coefficient (Wildman–Crippen LogP) is 16.9. The van der Waals surface area contributed by atoms with Crippen LogP contribution in [0.1, 0.15) is 290 Å². The van der Waals surface area contributed by atoms with Crippen molar-refractivity contribution in [2.45, 2.75) is 302 Å². The van der Waals surface area contributed by atoms with E-state index in [2.05, 4.69) is 43.5 Å². The summed E-state index contributed by atoms with van der Waals surface area (Å²) in [5.41, 5.74) is 0. The molecule has 3 N–H and O–H groups in total. The average molecular weight is 886 g/mol. The molecule has 370 valence electrons. The Kier molecular flexibility index (Phi) is 51.1. The third kappa shape index (κ3) is 49.4. The largest absolute Gasteiger partial charge is 0.466 e. The third-order valence-corrected chi connectivity index (χ3v) is 12.7. The lowest BCUT2D eigenvalue weighted by molar-refractivity contribution is -0.143. The number of allylic oxidation sites excluding steroid dienone is 5. The molecule has 6 nitrogen and oxygen atoms in total. The van der Waals surface area contributed by atoms with Crippen molar-refractivity contribution < 1.29 is 24.5 Å². The molecule has 0 saturated carbocycles. The summed E-state index contributed by atoms with van der Waals surface area (Å²) in [5, 5.41) is 23.1.